The van der Waals surface area contributed by atoms with E-state index in [0.29, 0.717) is 0 Å². The van der Waals surface area contributed by atoms with Crippen LogP contribution in [0, 0.1) is 6.92 Å². The predicted molar refractivity (Wildman–Crippen MR) is 71.4 cm³/mol. The minimum Gasteiger partial charge on any atom is -0.345 e. The molecule has 2 aromatic carbocycles. The Morgan fingerprint density at radius 3 is 2.59 bits per heavy atom. The second kappa shape index (κ2) is 4.26. The van der Waals surface area contributed by atoms with Crippen molar-refractivity contribution >= 4 is 22.8 Å². The third-order valence-corrected chi connectivity index (χ3v) is 3.65. The van der Waals surface area contributed by atoms with E-state index < -0.39 is 0 Å². The summed E-state index contributed by atoms with van der Waals surface area (Å²) in [6.07, 6.45) is 1.73. The van der Waals surface area contributed by atoms with Gasteiger partial charge in [-0.25, -0.2) is 4.98 Å². The molecule has 0 aliphatic heterocycles. The van der Waals surface area contributed by atoms with Crippen LogP contribution in [0.25, 0.3) is 11.0 Å². The number of benzene rings is 2. The zero-order valence-electron chi connectivity index (χ0n) is 9.47. The molecule has 1 N–H and O–H groups in total. The quantitative estimate of drug-likeness (QED) is 0.732. The number of hydrogen-bond donors (Lipinski definition) is 1. The van der Waals surface area contributed by atoms with Gasteiger partial charge in [0.2, 0.25) is 0 Å². The summed E-state index contributed by atoms with van der Waals surface area (Å²) in [6.45, 7) is 2.10. The lowest BCUT2D eigenvalue weighted by atomic mass is 10.2. The monoisotopic (exact) mass is 240 g/mol. The minimum atomic E-state index is 1.02. The molecule has 84 valence electrons. The van der Waals surface area contributed by atoms with Crippen LogP contribution in [0.4, 0.5) is 0 Å². The third kappa shape index (κ3) is 2.19. The second-order valence-corrected chi connectivity index (χ2v) is 5.14. The summed E-state index contributed by atoms with van der Waals surface area (Å²) < 4.78 is 0. The van der Waals surface area contributed by atoms with E-state index in [2.05, 4.69) is 59.4 Å². The van der Waals surface area contributed by atoms with E-state index in [1.807, 2.05) is 0 Å². The molecule has 3 rings (SSSR count). The number of aryl methyl sites for hydroxylation is 1. The van der Waals surface area contributed by atoms with Gasteiger partial charge < -0.3 is 4.98 Å². The zero-order valence-corrected chi connectivity index (χ0v) is 10.3. The van der Waals surface area contributed by atoms with Crippen molar-refractivity contribution in [2.24, 2.45) is 0 Å². The Morgan fingerprint density at radius 1 is 1.00 bits per heavy atom. The molecule has 2 nitrogen and oxygen atoms in total. The predicted octanol–water partition coefficient (Wildman–Crippen LogP) is 4.02. The Labute approximate surface area is 104 Å². The number of hydrogen-bond acceptors (Lipinski definition) is 2. The number of H-pyrrole nitrogens is 1. The lowest BCUT2D eigenvalue weighted by molar-refractivity contribution is 1.34. The SMILES string of the molecule is Cc1ccc(Sc2ccc3[nH]cnc3c2)cc1. The highest BCUT2D eigenvalue weighted by Gasteiger charge is 2.00. The van der Waals surface area contributed by atoms with Crippen LogP contribution in [-0.4, -0.2) is 9.97 Å². The molecule has 17 heavy (non-hydrogen) atoms. The van der Waals surface area contributed by atoms with Gasteiger partial charge in [-0.05, 0) is 37.3 Å². The van der Waals surface area contributed by atoms with Crippen LogP contribution < -0.4 is 0 Å². The van der Waals surface area contributed by atoms with Gasteiger partial charge in [0, 0.05) is 9.79 Å². The van der Waals surface area contributed by atoms with Gasteiger partial charge in [0.05, 0.1) is 17.4 Å². The lowest BCUT2D eigenvalue weighted by Crippen LogP contribution is -1.76. The number of imidazole rings is 1. The highest BCUT2D eigenvalue weighted by molar-refractivity contribution is 7.99. The van der Waals surface area contributed by atoms with Crippen molar-refractivity contribution in [3.63, 3.8) is 0 Å². The molecule has 0 saturated heterocycles. The molecule has 0 spiro atoms. The van der Waals surface area contributed by atoms with Gasteiger partial charge in [-0.15, -0.1) is 0 Å². The van der Waals surface area contributed by atoms with E-state index in [1.165, 1.54) is 15.4 Å². The molecule has 0 unspecified atom stereocenters. The summed E-state index contributed by atoms with van der Waals surface area (Å²) in [4.78, 5) is 9.84. The first kappa shape index (κ1) is 10.4. The molecule has 1 aromatic heterocycles. The maximum atomic E-state index is 4.27. The zero-order chi connectivity index (χ0) is 11.7. The van der Waals surface area contributed by atoms with E-state index >= 15 is 0 Å². The summed E-state index contributed by atoms with van der Waals surface area (Å²) in [5.41, 5.74) is 3.39. The number of rotatable bonds is 2. The van der Waals surface area contributed by atoms with Gasteiger partial charge in [0.1, 0.15) is 0 Å². The normalized spacial score (nSPS) is 10.9. The van der Waals surface area contributed by atoms with Crippen molar-refractivity contribution in [2.75, 3.05) is 0 Å². The van der Waals surface area contributed by atoms with E-state index in [1.54, 1.807) is 18.1 Å². The average Bonchev–Trinajstić information content (AvgIpc) is 2.79. The molecular formula is C14H12N2S. The Balaban J connectivity index is 1.91. The number of fused-ring (bicyclic) bond motifs is 1. The van der Waals surface area contributed by atoms with Gasteiger partial charge in [-0.2, -0.15) is 0 Å². The van der Waals surface area contributed by atoms with Crippen LogP contribution in [0.2, 0.25) is 0 Å². The summed E-state index contributed by atoms with van der Waals surface area (Å²) in [5, 5.41) is 0. The molecule has 0 saturated carbocycles. The Kier molecular flexibility index (Phi) is 2.61. The van der Waals surface area contributed by atoms with Crippen LogP contribution >= 0.6 is 11.8 Å². The summed E-state index contributed by atoms with van der Waals surface area (Å²) in [7, 11) is 0. The Bertz CT molecular complexity index is 641. The molecule has 3 heteroatoms. The smallest absolute Gasteiger partial charge is 0.0931 e. The molecule has 0 atom stereocenters. The number of nitrogens with zero attached hydrogens (tertiary/aromatic N) is 1. The van der Waals surface area contributed by atoms with Gasteiger partial charge in [0.15, 0.2) is 0 Å². The largest absolute Gasteiger partial charge is 0.345 e. The van der Waals surface area contributed by atoms with Gasteiger partial charge in [-0.3, -0.25) is 0 Å². The molecule has 0 bridgehead atoms. The molecule has 3 aromatic rings. The Morgan fingerprint density at radius 2 is 1.76 bits per heavy atom. The fourth-order valence-corrected chi connectivity index (χ4v) is 2.57. The van der Waals surface area contributed by atoms with E-state index in [9.17, 15) is 0 Å². The van der Waals surface area contributed by atoms with Gasteiger partial charge in [-0.1, -0.05) is 29.5 Å². The average molecular weight is 240 g/mol. The van der Waals surface area contributed by atoms with Gasteiger partial charge >= 0.3 is 0 Å². The van der Waals surface area contributed by atoms with Crippen molar-refractivity contribution < 1.29 is 0 Å². The fourth-order valence-electron chi connectivity index (χ4n) is 1.72. The molecule has 0 amide bonds. The van der Waals surface area contributed by atoms with Crippen LogP contribution in [0.3, 0.4) is 0 Å². The van der Waals surface area contributed by atoms with Crippen molar-refractivity contribution in [3.8, 4) is 0 Å². The summed E-state index contributed by atoms with van der Waals surface area (Å²) in [6, 6.07) is 14.9. The Hall–Kier alpha value is -1.74. The van der Waals surface area contributed by atoms with Gasteiger partial charge in [0.25, 0.3) is 0 Å². The molecule has 1 heterocycles. The number of aromatic nitrogens is 2. The third-order valence-electron chi connectivity index (χ3n) is 2.65. The molecule has 0 aliphatic carbocycles. The first-order valence-electron chi connectivity index (χ1n) is 5.49. The van der Waals surface area contributed by atoms with E-state index in [4.69, 9.17) is 0 Å². The fraction of sp³-hybridized carbons (Fsp3) is 0.0714. The maximum absolute atomic E-state index is 4.27. The first-order valence-corrected chi connectivity index (χ1v) is 6.30. The molecule has 0 fully saturated rings. The second-order valence-electron chi connectivity index (χ2n) is 4.00. The molecule has 0 radical (unpaired) electrons. The molecular weight excluding hydrogens is 228 g/mol. The van der Waals surface area contributed by atoms with Crippen LogP contribution in [0.5, 0.6) is 0 Å². The van der Waals surface area contributed by atoms with Crippen molar-refractivity contribution in [2.45, 2.75) is 16.7 Å². The highest BCUT2D eigenvalue weighted by atomic mass is 32.2. The number of nitrogens with one attached hydrogen (secondary N) is 1. The first-order chi connectivity index (χ1) is 8.31. The number of aromatic amines is 1. The van der Waals surface area contributed by atoms with E-state index in [-0.39, 0.29) is 0 Å². The van der Waals surface area contributed by atoms with Crippen molar-refractivity contribution in [1.29, 1.82) is 0 Å². The summed E-state index contributed by atoms with van der Waals surface area (Å²) in [5.74, 6) is 0. The lowest BCUT2D eigenvalue weighted by Gasteiger charge is -2.02. The minimum absolute atomic E-state index is 1.02. The summed E-state index contributed by atoms with van der Waals surface area (Å²) >= 11 is 1.76. The van der Waals surface area contributed by atoms with Crippen molar-refractivity contribution in [3.05, 3.63) is 54.4 Å². The topological polar surface area (TPSA) is 28.7 Å². The van der Waals surface area contributed by atoms with Crippen LogP contribution in [0.15, 0.2) is 58.6 Å². The highest BCUT2D eigenvalue weighted by Crippen LogP contribution is 2.29. The van der Waals surface area contributed by atoms with E-state index in [0.717, 1.165) is 11.0 Å². The van der Waals surface area contributed by atoms with Crippen LogP contribution in [-0.2, 0) is 0 Å². The maximum Gasteiger partial charge on any atom is 0.0931 e. The van der Waals surface area contributed by atoms with Crippen LogP contribution in [0.1, 0.15) is 5.56 Å². The van der Waals surface area contributed by atoms with Crippen molar-refractivity contribution in [1.82, 2.24) is 9.97 Å². The standard InChI is InChI=1S/C14H12N2S/c1-10-2-4-11(5-3-10)17-12-6-7-13-14(8-12)16-9-15-13/h2-9H,1H3,(H,15,16). The molecule has 0 aliphatic rings.